The first-order chi connectivity index (χ1) is 10.5. The van der Waals surface area contributed by atoms with Gasteiger partial charge in [-0.2, -0.15) is 0 Å². The summed E-state index contributed by atoms with van der Waals surface area (Å²) in [7, 11) is 4.04. The van der Waals surface area contributed by atoms with Crippen LogP contribution >= 0.6 is 0 Å². The van der Waals surface area contributed by atoms with Gasteiger partial charge in [0, 0.05) is 36.1 Å². The molecule has 7 heteroatoms. The molecule has 0 aliphatic heterocycles. The number of hydrogen-bond donors (Lipinski definition) is 3. The first-order valence-corrected chi connectivity index (χ1v) is 6.99. The SMILES string of the molecule is CC(=N)c1cc(-c2cncc(NCCN(C)C)n2)cnc1N. The predicted octanol–water partition coefficient (Wildman–Crippen LogP) is 1.48. The summed E-state index contributed by atoms with van der Waals surface area (Å²) in [6, 6.07) is 1.82. The van der Waals surface area contributed by atoms with Crippen LogP contribution in [-0.2, 0) is 0 Å². The summed E-state index contributed by atoms with van der Waals surface area (Å²) in [6.45, 7) is 3.38. The smallest absolute Gasteiger partial charge is 0.145 e. The fourth-order valence-electron chi connectivity index (χ4n) is 1.91. The zero-order valence-corrected chi connectivity index (χ0v) is 13.1. The van der Waals surface area contributed by atoms with E-state index < -0.39 is 0 Å². The lowest BCUT2D eigenvalue weighted by Gasteiger charge is -2.11. The number of nitrogens with two attached hydrogens (primary N) is 1. The van der Waals surface area contributed by atoms with Crippen LogP contribution in [0.5, 0.6) is 0 Å². The van der Waals surface area contributed by atoms with Crippen molar-refractivity contribution in [3.63, 3.8) is 0 Å². The normalized spacial score (nSPS) is 10.7. The van der Waals surface area contributed by atoms with E-state index in [2.05, 4.69) is 25.2 Å². The molecule has 2 rings (SSSR count). The summed E-state index contributed by atoms with van der Waals surface area (Å²) in [5, 5.41) is 11.0. The summed E-state index contributed by atoms with van der Waals surface area (Å²) in [6.07, 6.45) is 5.01. The quantitative estimate of drug-likeness (QED) is 0.698. The fourth-order valence-corrected chi connectivity index (χ4v) is 1.91. The molecular weight excluding hydrogens is 278 g/mol. The van der Waals surface area contributed by atoms with Crippen LogP contribution in [0.4, 0.5) is 11.6 Å². The Labute approximate surface area is 130 Å². The molecule has 0 atom stereocenters. The highest BCUT2D eigenvalue weighted by Crippen LogP contribution is 2.21. The molecule has 0 amide bonds. The number of nitrogen functional groups attached to an aromatic ring is 1. The molecule has 0 saturated heterocycles. The fraction of sp³-hybridized carbons (Fsp3) is 0.333. The van der Waals surface area contributed by atoms with E-state index in [1.807, 2.05) is 20.2 Å². The van der Waals surface area contributed by atoms with Crippen molar-refractivity contribution in [3.05, 3.63) is 30.2 Å². The Kier molecular flexibility index (Phi) is 5.00. The summed E-state index contributed by atoms with van der Waals surface area (Å²) in [5.74, 6) is 1.06. The van der Waals surface area contributed by atoms with Crippen LogP contribution in [0.2, 0.25) is 0 Å². The zero-order valence-electron chi connectivity index (χ0n) is 13.1. The summed E-state index contributed by atoms with van der Waals surface area (Å²) in [4.78, 5) is 15.0. The largest absolute Gasteiger partial charge is 0.383 e. The van der Waals surface area contributed by atoms with Crippen molar-refractivity contribution >= 4 is 17.3 Å². The Balaban J connectivity index is 2.22. The summed E-state index contributed by atoms with van der Waals surface area (Å²) in [5.41, 5.74) is 8.27. The third-order valence-corrected chi connectivity index (χ3v) is 3.12. The van der Waals surface area contributed by atoms with Crippen molar-refractivity contribution in [2.45, 2.75) is 6.92 Å². The summed E-state index contributed by atoms with van der Waals surface area (Å²) < 4.78 is 0. The lowest BCUT2D eigenvalue weighted by atomic mass is 10.1. The second-order valence-electron chi connectivity index (χ2n) is 5.30. The van der Waals surface area contributed by atoms with Gasteiger partial charge in [0.25, 0.3) is 0 Å². The molecule has 0 aliphatic carbocycles. The first-order valence-electron chi connectivity index (χ1n) is 6.99. The van der Waals surface area contributed by atoms with Crippen molar-refractivity contribution < 1.29 is 0 Å². The minimum Gasteiger partial charge on any atom is -0.383 e. The highest BCUT2D eigenvalue weighted by molar-refractivity contribution is 6.01. The summed E-state index contributed by atoms with van der Waals surface area (Å²) >= 11 is 0. The van der Waals surface area contributed by atoms with Gasteiger partial charge < -0.3 is 21.4 Å². The van der Waals surface area contributed by atoms with Gasteiger partial charge >= 0.3 is 0 Å². The molecule has 0 bridgehead atoms. The molecule has 0 unspecified atom stereocenters. The van der Waals surface area contributed by atoms with Crippen molar-refractivity contribution in [3.8, 4) is 11.3 Å². The van der Waals surface area contributed by atoms with Crippen LogP contribution in [0, 0.1) is 5.41 Å². The molecule has 0 aromatic carbocycles. The van der Waals surface area contributed by atoms with Gasteiger partial charge in [-0.05, 0) is 27.1 Å². The Morgan fingerprint density at radius 3 is 2.77 bits per heavy atom. The number of nitrogens with zero attached hydrogens (tertiary/aromatic N) is 4. The van der Waals surface area contributed by atoms with Crippen molar-refractivity contribution in [2.24, 2.45) is 0 Å². The number of aromatic nitrogens is 3. The molecule has 0 saturated carbocycles. The van der Waals surface area contributed by atoms with Gasteiger partial charge in [-0.25, -0.2) is 9.97 Å². The number of rotatable bonds is 6. The second-order valence-corrected chi connectivity index (χ2v) is 5.30. The van der Waals surface area contributed by atoms with Crippen LogP contribution in [0.1, 0.15) is 12.5 Å². The molecule has 2 aromatic rings. The van der Waals surface area contributed by atoms with Crippen molar-refractivity contribution in [1.82, 2.24) is 19.9 Å². The minimum atomic E-state index is 0.351. The zero-order chi connectivity index (χ0) is 16.1. The molecule has 4 N–H and O–H groups in total. The minimum absolute atomic E-state index is 0.351. The lowest BCUT2D eigenvalue weighted by Crippen LogP contribution is -2.21. The van der Waals surface area contributed by atoms with Gasteiger partial charge in [0.1, 0.15) is 11.6 Å². The van der Waals surface area contributed by atoms with E-state index in [1.165, 1.54) is 0 Å². The first kappa shape index (κ1) is 15.8. The van der Waals surface area contributed by atoms with Crippen LogP contribution in [0.3, 0.4) is 0 Å². The van der Waals surface area contributed by atoms with Gasteiger partial charge in [0.05, 0.1) is 18.1 Å². The predicted molar refractivity (Wildman–Crippen MR) is 89.2 cm³/mol. The molecular formula is C15H21N7. The molecule has 0 radical (unpaired) electrons. The maximum Gasteiger partial charge on any atom is 0.145 e. The Bertz CT molecular complexity index is 667. The van der Waals surface area contributed by atoms with E-state index >= 15 is 0 Å². The lowest BCUT2D eigenvalue weighted by molar-refractivity contribution is 0.425. The number of anilines is 2. The highest BCUT2D eigenvalue weighted by atomic mass is 15.1. The topological polar surface area (TPSA) is 104 Å². The molecule has 0 aliphatic rings. The maximum absolute atomic E-state index is 7.74. The van der Waals surface area contributed by atoms with E-state index in [4.69, 9.17) is 11.1 Å². The highest BCUT2D eigenvalue weighted by Gasteiger charge is 2.08. The third kappa shape index (κ3) is 3.98. The van der Waals surface area contributed by atoms with Gasteiger partial charge in [-0.15, -0.1) is 0 Å². The van der Waals surface area contributed by atoms with Gasteiger partial charge in [0.2, 0.25) is 0 Å². The average molecular weight is 299 g/mol. The number of nitrogens with one attached hydrogen (secondary N) is 2. The van der Waals surface area contributed by atoms with E-state index in [0.717, 1.165) is 18.7 Å². The molecule has 0 fully saturated rings. The number of likely N-dealkylation sites (N-methyl/N-ethyl adjacent to an activating group) is 1. The molecule has 22 heavy (non-hydrogen) atoms. The van der Waals surface area contributed by atoms with Crippen molar-refractivity contribution in [2.75, 3.05) is 38.2 Å². The van der Waals surface area contributed by atoms with Gasteiger partial charge in [0.15, 0.2) is 0 Å². The Hall–Kier alpha value is -2.54. The van der Waals surface area contributed by atoms with Crippen molar-refractivity contribution in [1.29, 1.82) is 5.41 Å². The molecule has 2 heterocycles. The number of hydrogen-bond acceptors (Lipinski definition) is 7. The monoisotopic (exact) mass is 299 g/mol. The van der Waals surface area contributed by atoms with Gasteiger partial charge in [-0.1, -0.05) is 0 Å². The van der Waals surface area contributed by atoms with E-state index in [-0.39, 0.29) is 0 Å². The van der Waals surface area contributed by atoms with E-state index in [0.29, 0.717) is 28.6 Å². The second kappa shape index (κ2) is 6.95. The Morgan fingerprint density at radius 1 is 1.32 bits per heavy atom. The average Bonchev–Trinajstić information content (AvgIpc) is 2.47. The van der Waals surface area contributed by atoms with Gasteiger partial charge in [-0.3, -0.25) is 4.98 Å². The molecule has 0 spiro atoms. The maximum atomic E-state index is 7.74. The van der Waals surface area contributed by atoms with Crippen LogP contribution in [0.25, 0.3) is 11.3 Å². The van der Waals surface area contributed by atoms with E-state index in [1.54, 1.807) is 25.5 Å². The molecule has 7 nitrogen and oxygen atoms in total. The third-order valence-electron chi connectivity index (χ3n) is 3.12. The standard InChI is InChI=1S/C15H21N7/c1-10(16)12-6-11(7-20-15(12)17)13-8-18-9-14(21-13)19-4-5-22(2)3/h6-9,16H,4-5H2,1-3H3,(H2,17,20)(H,19,21). The van der Waals surface area contributed by atoms with Crippen LogP contribution in [-0.4, -0.2) is 52.7 Å². The van der Waals surface area contributed by atoms with Crippen LogP contribution in [0.15, 0.2) is 24.7 Å². The van der Waals surface area contributed by atoms with E-state index in [9.17, 15) is 0 Å². The molecule has 116 valence electrons. The molecule has 2 aromatic heterocycles. The Morgan fingerprint density at radius 2 is 2.09 bits per heavy atom. The van der Waals surface area contributed by atoms with Crippen LogP contribution < -0.4 is 11.1 Å². The number of pyridine rings is 1.